The standard InChI is InChI=1S/C18H27N3OS/c1-2-23-17-8-5-7-14(12-17)20-18(22)21(16-9-10-16)13-15-6-3-4-11-19-15/h3-4,6,11,14,16-17H,2,5,7-10,12-13H2,1H3,(H,20,22)/t14-,17+/m1/s1. The highest BCUT2D eigenvalue weighted by molar-refractivity contribution is 7.99. The first-order valence-corrected chi connectivity index (χ1v) is 9.89. The van der Waals surface area contributed by atoms with Gasteiger partial charge in [-0.1, -0.05) is 19.4 Å². The van der Waals surface area contributed by atoms with E-state index in [1.54, 1.807) is 6.20 Å². The van der Waals surface area contributed by atoms with Gasteiger partial charge in [-0.2, -0.15) is 11.8 Å². The van der Waals surface area contributed by atoms with Crippen molar-refractivity contribution in [3.63, 3.8) is 0 Å². The second kappa shape index (κ2) is 8.04. The topological polar surface area (TPSA) is 45.2 Å². The van der Waals surface area contributed by atoms with Crippen molar-refractivity contribution >= 4 is 17.8 Å². The van der Waals surface area contributed by atoms with Gasteiger partial charge in [0.15, 0.2) is 0 Å². The number of aromatic nitrogens is 1. The third kappa shape index (κ3) is 4.87. The zero-order chi connectivity index (χ0) is 16.1. The highest BCUT2D eigenvalue weighted by Gasteiger charge is 2.34. The average Bonchev–Trinajstić information content (AvgIpc) is 3.39. The van der Waals surface area contributed by atoms with Crippen LogP contribution in [0, 0.1) is 0 Å². The summed E-state index contributed by atoms with van der Waals surface area (Å²) in [6.45, 7) is 2.84. The maximum Gasteiger partial charge on any atom is 0.318 e. The fourth-order valence-corrected chi connectivity index (χ4v) is 4.51. The SMILES string of the molecule is CCS[C@H]1CCC[C@@H](NC(=O)N(Cc2ccccn2)C2CC2)C1. The van der Waals surface area contributed by atoms with Crippen LogP contribution in [0.1, 0.15) is 51.1 Å². The summed E-state index contributed by atoms with van der Waals surface area (Å²) in [6.07, 6.45) is 8.81. The number of carbonyl (C=O) groups is 1. The second-order valence-corrected chi connectivity index (χ2v) is 8.15. The molecule has 1 aromatic heterocycles. The molecule has 1 heterocycles. The molecule has 2 fully saturated rings. The average molecular weight is 334 g/mol. The number of nitrogens with one attached hydrogen (secondary N) is 1. The Hall–Kier alpha value is -1.23. The maximum atomic E-state index is 12.7. The molecule has 5 heteroatoms. The molecule has 126 valence electrons. The molecule has 1 aromatic rings. The Morgan fingerprint density at radius 1 is 1.35 bits per heavy atom. The molecule has 2 atom stereocenters. The predicted molar refractivity (Wildman–Crippen MR) is 95.5 cm³/mol. The van der Waals surface area contributed by atoms with Crippen molar-refractivity contribution in [2.75, 3.05) is 5.75 Å². The maximum absolute atomic E-state index is 12.7. The zero-order valence-electron chi connectivity index (χ0n) is 13.9. The van der Waals surface area contributed by atoms with Crippen molar-refractivity contribution in [3.05, 3.63) is 30.1 Å². The van der Waals surface area contributed by atoms with Gasteiger partial charge in [0.25, 0.3) is 0 Å². The molecular weight excluding hydrogens is 306 g/mol. The molecule has 0 radical (unpaired) electrons. The van der Waals surface area contributed by atoms with Gasteiger partial charge in [-0.25, -0.2) is 4.79 Å². The summed E-state index contributed by atoms with van der Waals surface area (Å²) < 4.78 is 0. The first-order chi connectivity index (χ1) is 11.3. The molecule has 0 bridgehead atoms. The summed E-state index contributed by atoms with van der Waals surface area (Å²) in [5, 5.41) is 4.01. The second-order valence-electron chi connectivity index (χ2n) is 6.57. The minimum atomic E-state index is 0.102. The number of rotatable bonds is 6. The molecule has 2 amide bonds. The van der Waals surface area contributed by atoms with Crippen molar-refractivity contribution in [2.24, 2.45) is 0 Å². The third-order valence-electron chi connectivity index (χ3n) is 4.66. The van der Waals surface area contributed by atoms with Gasteiger partial charge in [0.05, 0.1) is 12.2 Å². The summed E-state index contributed by atoms with van der Waals surface area (Å²) >= 11 is 2.04. The van der Waals surface area contributed by atoms with Crippen LogP contribution in [0.5, 0.6) is 0 Å². The van der Waals surface area contributed by atoms with Crippen LogP contribution in [0.2, 0.25) is 0 Å². The third-order valence-corrected chi connectivity index (χ3v) is 5.90. The molecule has 1 N–H and O–H groups in total. The molecule has 23 heavy (non-hydrogen) atoms. The van der Waals surface area contributed by atoms with Crippen LogP contribution in [-0.2, 0) is 6.54 Å². The molecule has 3 rings (SSSR count). The number of amides is 2. The van der Waals surface area contributed by atoms with Gasteiger partial charge in [-0.15, -0.1) is 0 Å². The largest absolute Gasteiger partial charge is 0.335 e. The van der Waals surface area contributed by atoms with Gasteiger partial charge in [-0.05, 0) is 50.0 Å². The lowest BCUT2D eigenvalue weighted by Gasteiger charge is -2.31. The van der Waals surface area contributed by atoms with Gasteiger partial charge in [0.1, 0.15) is 0 Å². The summed E-state index contributed by atoms with van der Waals surface area (Å²) in [6, 6.07) is 6.74. The van der Waals surface area contributed by atoms with Crippen molar-refractivity contribution in [3.8, 4) is 0 Å². The van der Waals surface area contributed by atoms with Crippen LogP contribution in [0.3, 0.4) is 0 Å². The first kappa shape index (κ1) is 16.6. The van der Waals surface area contributed by atoms with Crippen LogP contribution in [0.25, 0.3) is 0 Å². The number of thioether (sulfide) groups is 1. The molecular formula is C18H27N3OS. The smallest absolute Gasteiger partial charge is 0.318 e. The summed E-state index contributed by atoms with van der Waals surface area (Å²) in [7, 11) is 0. The van der Waals surface area contributed by atoms with Crippen molar-refractivity contribution in [1.82, 2.24) is 15.2 Å². The number of nitrogens with zero attached hydrogens (tertiary/aromatic N) is 2. The number of carbonyl (C=O) groups excluding carboxylic acids is 1. The van der Waals surface area contributed by atoms with Crippen LogP contribution in [0.15, 0.2) is 24.4 Å². The number of hydrogen-bond acceptors (Lipinski definition) is 3. The first-order valence-electron chi connectivity index (χ1n) is 8.85. The molecule has 2 aliphatic rings. The van der Waals surface area contributed by atoms with Crippen molar-refractivity contribution < 1.29 is 4.79 Å². The zero-order valence-corrected chi connectivity index (χ0v) is 14.7. The Kier molecular flexibility index (Phi) is 5.81. The monoisotopic (exact) mass is 333 g/mol. The van der Waals surface area contributed by atoms with E-state index in [2.05, 4.69) is 17.2 Å². The minimum Gasteiger partial charge on any atom is -0.335 e. The van der Waals surface area contributed by atoms with Gasteiger partial charge >= 0.3 is 6.03 Å². The highest BCUT2D eigenvalue weighted by Crippen LogP contribution is 2.30. The fourth-order valence-electron chi connectivity index (χ4n) is 3.34. The Morgan fingerprint density at radius 3 is 2.91 bits per heavy atom. The van der Waals surface area contributed by atoms with E-state index in [0.29, 0.717) is 23.9 Å². The highest BCUT2D eigenvalue weighted by atomic mass is 32.2. The van der Waals surface area contributed by atoms with Crippen molar-refractivity contribution in [1.29, 1.82) is 0 Å². The number of urea groups is 1. The van der Waals surface area contributed by atoms with E-state index in [4.69, 9.17) is 0 Å². The fraction of sp³-hybridized carbons (Fsp3) is 0.667. The van der Waals surface area contributed by atoms with Gasteiger partial charge in [0, 0.05) is 23.5 Å². The van der Waals surface area contributed by atoms with Crippen LogP contribution < -0.4 is 5.32 Å². The van der Waals surface area contributed by atoms with E-state index in [9.17, 15) is 4.79 Å². The van der Waals surface area contributed by atoms with E-state index >= 15 is 0 Å². The van der Waals surface area contributed by atoms with Crippen molar-refractivity contribution in [2.45, 2.75) is 69.3 Å². The molecule has 0 saturated heterocycles. The summed E-state index contributed by atoms with van der Waals surface area (Å²) in [4.78, 5) is 19.1. The van der Waals surface area contributed by atoms with E-state index in [0.717, 1.165) is 31.4 Å². The van der Waals surface area contributed by atoms with E-state index in [1.807, 2.05) is 34.9 Å². The van der Waals surface area contributed by atoms with Gasteiger partial charge in [0.2, 0.25) is 0 Å². The summed E-state index contributed by atoms with van der Waals surface area (Å²) in [5.74, 6) is 1.17. The quantitative estimate of drug-likeness (QED) is 0.861. The van der Waals surface area contributed by atoms with Gasteiger partial charge in [-0.3, -0.25) is 4.98 Å². The lowest BCUT2D eigenvalue weighted by atomic mass is 9.95. The number of pyridine rings is 1. The Morgan fingerprint density at radius 2 is 2.22 bits per heavy atom. The Bertz CT molecular complexity index is 504. The van der Waals surface area contributed by atoms with Crippen LogP contribution in [-0.4, -0.2) is 39.0 Å². The minimum absolute atomic E-state index is 0.102. The molecule has 0 aromatic carbocycles. The van der Waals surface area contributed by atoms with Crippen LogP contribution >= 0.6 is 11.8 Å². The summed E-state index contributed by atoms with van der Waals surface area (Å²) in [5.41, 5.74) is 0.970. The van der Waals surface area contributed by atoms with E-state index in [-0.39, 0.29) is 6.03 Å². The molecule has 2 saturated carbocycles. The molecule has 2 aliphatic carbocycles. The van der Waals surface area contributed by atoms with Crippen LogP contribution in [0.4, 0.5) is 4.79 Å². The Balaban J connectivity index is 1.56. The number of hydrogen-bond donors (Lipinski definition) is 1. The lowest BCUT2D eigenvalue weighted by molar-refractivity contribution is 0.184. The predicted octanol–water partition coefficient (Wildman–Crippen LogP) is 3.82. The van der Waals surface area contributed by atoms with E-state index < -0.39 is 0 Å². The Labute approximate surface area is 143 Å². The normalized spacial score (nSPS) is 24.2. The molecule has 4 nitrogen and oxygen atoms in total. The lowest BCUT2D eigenvalue weighted by Crippen LogP contribution is -2.47. The molecule has 0 spiro atoms. The molecule has 0 unspecified atom stereocenters. The van der Waals surface area contributed by atoms with E-state index in [1.165, 1.54) is 18.6 Å². The van der Waals surface area contributed by atoms with Gasteiger partial charge < -0.3 is 10.2 Å². The molecule has 0 aliphatic heterocycles.